The first kappa shape index (κ1) is 18.4. The Balaban J connectivity index is 0.00000196. The number of aromatic nitrogens is 3. The van der Waals surface area contributed by atoms with E-state index in [0.29, 0.717) is 27.4 Å². The molecule has 4 aromatic rings. The molecule has 130 valence electrons. The third-order valence-electron chi connectivity index (χ3n) is 3.70. The summed E-state index contributed by atoms with van der Waals surface area (Å²) >= 11 is 12.4. The largest absolute Gasteiger partial charge is 0.338 e. The SMILES string of the molecule is Cl.Clc1ccc(Cl)c(Nc2nc(-c3cccnc3)nc3ccccc23)c1. The first-order valence-electron chi connectivity index (χ1n) is 7.60. The molecule has 1 N–H and O–H groups in total. The van der Waals surface area contributed by atoms with Crippen molar-refractivity contribution in [3.8, 4) is 11.4 Å². The summed E-state index contributed by atoms with van der Waals surface area (Å²) in [7, 11) is 0. The molecule has 0 fully saturated rings. The average molecular weight is 404 g/mol. The highest BCUT2D eigenvalue weighted by Crippen LogP contribution is 2.31. The third kappa shape index (κ3) is 3.73. The first-order valence-corrected chi connectivity index (χ1v) is 8.35. The summed E-state index contributed by atoms with van der Waals surface area (Å²) < 4.78 is 0. The van der Waals surface area contributed by atoms with Crippen molar-refractivity contribution in [3.63, 3.8) is 0 Å². The Morgan fingerprint density at radius 2 is 1.73 bits per heavy atom. The fourth-order valence-corrected chi connectivity index (χ4v) is 2.85. The van der Waals surface area contributed by atoms with Gasteiger partial charge in [-0.05, 0) is 42.5 Å². The van der Waals surface area contributed by atoms with Crippen LogP contribution in [0.15, 0.2) is 67.0 Å². The van der Waals surface area contributed by atoms with Crippen LogP contribution in [0, 0.1) is 0 Å². The normalized spacial score (nSPS) is 10.4. The molecule has 4 rings (SSSR count). The van der Waals surface area contributed by atoms with E-state index in [0.717, 1.165) is 16.5 Å². The molecule has 2 heterocycles. The Hall–Kier alpha value is -2.40. The fourth-order valence-electron chi connectivity index (χ4n) is 2.52. The molecular weight excluding hydrogens is 391 g/mol. The van der Waals surface area contributed by atoms with Crippen LogP contribution in [0.4, 0.5) is 11.5 Å². The second-order valence-electron chi connectivity index (χ2n) is 5.40. The highest BCUT2D eigenvalue weighted by molar-refractivity contribution is 6.35. The predicted molar refractivity (Wildman–Crippen MR) is 110 cm³/mol. The van der Waals surface area contributed by atoms with Crippen molar-refractivity contribution < 1.29 is 0 Å². The van der Waals surface area contributed by atoms with E-state index >= 15 is 0 Å². The molecule has 0 saturated carbocycles. The zero-order valence-corrected chi connectivity index (χ0v) is 15.7. The number of halogens is 3. The maximum Gasteiger partial charge on any atom is 0.163 e. The number of nitrogens with zero attached hydrogens (tertiary/aromatic N) is 3. The summed E-state index contributed by atoms with van der Waals surface area (Å²) in [5.41, 5.74) is 2.36. The maximum atomic E-state index is 6.28. The number of anilines is 2. The summed E-state index contributed by atoms with van der Waals surface area (Å²) in [6.07, 6.45) is 3.45. The smallest absolute Gasteiger partial charge is 0.163 e. The van der Waals surface area contributed by atoms with Gasteiger partial charge >= 0.3 is 0 Å². The van der Waals surface area contributed by atoms with Crippen LogP contribution in [0.1, 0.15) is 0 Å². The number of para-hydroxylation sites is 1. The van der Waals surface area contributed by atoms with Crippen LogP contribution in [0.2, 0.25) is 10.0 Å². The van der Waals surface area contributed by atoms with Crippen molar-refractivity contribution in [2.75, 3.05) is 5.32 Å². The molecule has 0 unspecified atom stereocenters. The molecule has 2 aromatic heterocycles. The predicted octanol–water partition coefficient (Wildman–Crippen LogP) is 6.16. The number of rotatable bonds is 3. The minimum absolute atomic E-state index is 0. The van der Waals surface area contributed by atoms with Gasteiger partial charge in [0, 0.05) is 28.4 Å². The lowest BCUT2D eigenvalue weighted by molar-refractivity contribution is 1.20. The molecule has 0 aliphatic heterocycles. The van der Waals surface area contributed by atoms with E-state index in [1.165, 1.54) is 0 Å². The quantitative estimate of drug-likeness (QED) is 0.445. The van der Waals surface area contributed by atoms with Crippen molar-refractivity contribution in [2.24, 2.45) is 0 Å². The van der Waals surface area contributed by atoms with Crippen LogP contribution in [0.25, 0.3) is 22.3 Å². The summed E-state index contributed by atoms with van der Waals surface area (Å²) in [5.74, 6) is 1.25. The standard InChI is InChI=1S/C19H12Cl2N4.ClH/c20-13-7-8-15(21)17(10-13)24-19-14-5-1-2-6-16(14)23-18(25-19)12-4-3-9-22-11-12;/h1-11H,(H,23,24,25);1H. The number of fused-ring (bicyclic) bond motifs is 1. The number of pyridine rings is 1. The summed E-state index contributed by atoms with van der Waals surface area (Å²) in [5, 5.41) is 5.33. The van der Waals surface area contributed by atoms with E-state index in [1.807, 2.05) is 36.4 Å². The summed E-state index contributed by atoms with van der Waals surface area (Å²) in [6.45, 7) is 0. The Morgan fingerprint density at radius 1 is 0.885 bits per heavy atom. The number of hydrogen-bond acceptors (Lipinski definition) is 4. The molecule has 2 aromatic carbocycles. The fraction of sp³-hybridized carbons (Fsp3) is 0. The molecule has 0 bridgehead atoms. The lowest BCUT2D eigenvalue weighted by Gasteiger charge is -2.12. The summed E-state index contributed by atoms with van der Waals surface area (Å²) in [6, 6.07) is 16.8. The molecule has 0 spiro atoms. The van der Waals surface area contributed by atoms with E-state index in [9.17, 15) is 0 Å². The zero-order valence-electron chi connectivity index (χ0n) is 13.4. The highest BCUT2D eigenvalue weighted by atomic mass is 35.5. The zero-order chi connectivity index (χ0) is 17.2. The van der Waals surface area contributed by atoms with Crippen molar-refractivity contribution in [3.05, 3.63) is 77.0 Å². The van der Waals surface area contributed by atoms with Gasteiger partial charge in [0.15, 0.2) is 5.82 Å². The molecule has 0 aliphatic rings. The van der Waals surface area contributed by atoms with E-state index in [1.54, 1.807) is 30.6 Å². The molecule has 0 saturated heterocycles. The second-order valence-corrected chi connectivity index (χ2v) is 6.25. The van der Waals surface area contributed by atoms with E-state index in [-0.39, 0.29) is 12.4 Å². The van der Waals surface area contributed by atoms with Gasteiger partial charge < -0.3 is 5.32 Å². The first-order chi connectivity index (χ1) is 12.2. The van der Waals surface area contributed by atoms with Crippen LogP contribution in [-0.4, -0.2) is 15.0 Å². The Bertz CT molecular complexity index is 1060. The maximum absolute atomic E-state index is 6.28. The minimum Gasteiger partial charge on any atom is -0.338 e. The summed E-state index contributed by atoms with van der Waals surface area (Å²) in [4.78, 5) is 13.5. The van der Waals surface area contributed by atoms with Gasteiger partial charge in [0.05, 0.1) is 16.2 Å². The van der Waals surface area contributed by atoms with Gasteiger partial charge in [-0.25, -0.2) is 9.97 Å². The highest BCUT2D eigenvalue weighted by Gasteiger charge is 2.11. The minimum atomic E-state index is 0. The van der Waals surface area contributed by atoms with Crippen molar-refractivity contribution in [1.29, 1.82) is 0 Å². The molecule has 0 aliphatic carbocycles. The average Bonchev–Trinajstić information content (AvgIpc) is 2.65. The third-order valence-corrected chi connectivity index (χ3v) is 4.27. The molecular formula is C19H13Cl3N4. The van der Waals surface area contributed by atoms with Gasteiger partial charge in [-0.1, -0.05) is 35.3 Å². The van der Waals surface area contributed by atoms with E-state index in [4.69, 9.17) is 23.2 Å². The molecule has 26 heavy (non-hydrogen) atoms. The lowest BCUT2D eigenvalue weighted by atomic mass is 10.2. The van der Waals surface area contributed by atoms with Crippen LogP contribution < -0.4 is 5.32 Å². The number of benzene rings is 2. The monoisotopic (exact) mass is 402 g/mol. The van der Waals surface area contributed by atoms with Crippen LogP contribution in [0.5, 0.6) is 0 Å². The Labute approximate surface area is 166 Å². The molecule has 0 atom stereocenters. The van der Waals surface area contributed by atoms with Crippen molar-refractivity contribution >= 4 is 58.0 Å². The van der Waals surface area contributed by atoms with E-state index in [2.05, 4.69) is 20.3 Å². The second kappa shape index (κ2) is 7.87. The van der Waals surface area contributed by atoms with Gasteiger partial charge in [-0.3, -0.25) is 4.98 Å². The Morgan fingerprint density at radius 3 is 2.54 bits per heavy atom. The molecule has 7 heteroatoms. The van der Waals surface area contributed by atoms with Gasteiger partial charge in [-0.15, -0.1) is 12.4 Å². The van der Waals surface area contributed by atoms with Crippen molar-refractivity contribution in [2.45, 2.75) is 0 Å². The molecule has 4 nitrogen and oxygen atoms in total. The van der Waals surface area contributed by atoms with Gasteiger partial charge in [0.2, 0.25) is 0 Å². The van der Waals surface area contributed by atoms with Crippen LogP contribution >= 0.6 is 35.6 Å². The molecule has 0 amide bonds. The number of hydrogen-bond donors (Lipinski definition) is 1. The van der Waals surface area contributed by atoms with E-state index < -0.39 is 0 Å². The molecule has 0 radical (unpaired) electrons. The lowest BCUT2D eigenvalue weighted by Crippen LogP contribution is -2.00. The van der Waals surface area contributed by atoms with Gasteiger partial charge in [0.25, 0.3) is 0 Å². The van der Waals surface area contributed by atoms with Crippen LogP contribution in [-0.2, 0) is 0 Å². The van der Waals surface area contributed by atoms with Crippen molar-refractivity contribution in [1.82, 2.24) is 15.0 Å². The van der Waals surface area contributed by atoms with Gasteiger partial charge in [0.1, 0.15) is 5.82 Å². The topological polar surface area (TPSA) is 50.7 Å². The Kier molecular flexibility index (Phi) is 5.57. The number of nitrogens with one attached hydrogen (secondary N) is 1. The van der Waals surface area contributed by atoms with Crippen LogP contribution in [0.3, 0.4) is 0 Å². The van der Waals surface area contributed by atoms with Gasteiger partial charge in [-0.2, -0.15) is 0 Å².